The van der Waals surface area contributed by atoms with E-state index in [-0.39, 0.29) is 6.09 Å². The van der Waals surface area contributed by atoms with E-state index in [4.69, 9.17) is 4.74 Å². The van der Waals surface area contributed by atoms with Gasteiger partial charge in [0.1, 0.15) is 0 Å². The van der Waals surface area contributed by atoms with Gasteiger partial charge in [0.15, 0.2) is 5.96 Å². The number of amides is 1. The van der Waals surface area contributed by atoms with Gasteiger partial charge >= 0.3 is 6.09 Å². The van der Waals surface area contributed by atoms with Crippen molar-refractivity contribution in [2.24, 2.45) is 10.9 Å². The first kappa shape index (κ1) is 22.8. The van der Waals surface area contributed by atoms with E-state index < -0.39 is 0 Å². The van der Waals surface area contributed by atoms with Crippen LogP contribution < -0.4 is 10.6 Å². The zero-order valence-electron chi connectivity index (χ0n) is 18.4. The summed E-state index contributed by atoms with van der Waals surface area (Å²) in [6, 6.07) is 0.914. The fourth-order valence-corrected chi connectivity index (χ4v) is 4.51. The van der Waals surface area contributed by atoms with Gasteiger partial charge in [-0.1, -0.05) is 26.7 Å². The van der Waals surface area contributed by atoms with E-state index in [2.05, 4.69) is 34.4 Å². The van der Waals surface area contributed by atoms with Crippen LogP contribution in [0.2, 0.25) is 0 Å². The Labute approximate surface area is 171 Å². The summed E-state index contributed by atoms with van der Waals surface area (Å²) in [4.78, 5) is 20.8. The lowest BCUT2D eigenvalue weighted by Crippen LogP contribution is -2.53. The highest BCUT2D eigenvalue weighted by molar-refractivity contribution is 5.80. The first-order valence-electron chi connectivity index (χ1n) is 11.3. The van der Waals surface area contributed by atoms with Crippen LogP contribution >= 0.6 is 0 Å². The number of guanidine groups is 1. The van der Waals surface area contributed by atoms with E-state index in [1.165, 1.54) is 38.8 Å². The summed E-state index contributed by atoms with van der Waals surface area (Å²) in [5, 5.41) is 7.15. The Morgan fingerprint density at radius 3 is 2.29 bits per heavy atom. The molecule has 7 heteroatoms. The van der Waals surface area contributed by atoms with E-state index in [0.717, 1.165) is 44.4 Å². The summed E-state index contributed by atoms with van der Waals surface area (Å²) in [5.41, 5.74) is 0. The Bertz CT molecular complexity index is 479. The molecular formula is C21H41N5O2. The molecule has 0 aromatic heterocycles. The number of nitrogens with one attached hydrogen (secondary N) is 2. The molecule has 1 atom stereocenters. The molecule has 2 aliphatic heterocycles. The van der Waals surface area contributed by atoms with Crippen molar-refractivity contribution in [2.75, 3.05) is 46.4 Å². The van der Waals surface area contributed by atoms with Crippen LogP contribution in [0.15, 0.2) is 4.99 Å². The maximum atomic E-state index is 11.8. The molecule has 2 heterocycles. The van der Waals surface area contributed by atoms with Crippen molar-refractivity contribution >= 4 is 12.1 Å². The summed E-state index contributed by atoms with van der Waals surface area (Å²) in [6.45, 7) is 11.7. The van der Waals surface area contributed by atoms with Crippen LogP contribution in [0.3, 0.4) is 0 Å². The van der Waals surface area contributed by atoms with Crippen LogP contribution in [0, 0.1) is 5.92 Å². The molecule has 2 fully saturated rings. The third-order valence-corrected chi connectivity index (χ3v) is 6.27. The molecule has 0 spiro atoms. The van der Waals surface area contributed by atoms with Crippen molar-refractivity contribution in [2.45, 2.75) is 71.4 Å². The zero-order valence-corrected chi connectivity index (χ0v) is 18.4. The highest BCUT2D eigenvalue weighted by Crippen LogP contribution is 2.22. The van der Waals surface area contributed by atoms with E-state index in [1.54, 1.807) is 4.90 Å². The molecule has 2 aliphatic rings. The Kier molecular flexibility index (Phi) is 9.88. The molecule has 0 aliphatic carbocycles. The normalized spacial score (nSPS) is 20.5. The fourth-order valence-electron chi connectivity index (χ4n) is 4.51. The lowest BCUT2D eigenvalue weighted by Gasteiger charge is -2.35. The van der Waals surface area contributed by atoms with E-state index in [0.29, 0.717) is 18.7 Å². The standard InChI is InChI=1S/C21H41N5O2/c1-5-17(6-2)19(25-12-8-9-13-25)16-23-20(22-4)24-18-10-14-26(15-11-18)21(27)28-7-3/h17-19H,5-16H2,1-4H3,(H2,22,23,24). The predicted molar refractivity (Wildman–Crippen MR) is 115 cm³/mol. The number of carbonyl (C=O) groups is 1. The molecule has 0 saturated carbocycles. The molecule has 0 aromatic rings. The number of nitrogens with zero attached hydrogens (tertiary/aromatic N) is 3. The van der Waals surface area contributed by atoms with Gasteiger partial charge in [-0.2, -0.15) is 0 Å². The molecule has 2 saturated heterocycles. The van der Waals surface area contributed by atoms with Crippen LogP contribution in [0.25, 0.3) is 0 Å². The van der Waals surface area contributed by atoms with Crippen LogP contribution in [0.4, 0.5) is 4.79 Å². The number of hydrogen-bond donors (Lipinski definition) is 2. The topological polar surface area (TPSA) is 69.2 Å². The lowest BCUT2D eigenvalue weighted by atomic mass is 9.93. The minimum atomic E-state index is -0.193. The number of ether oxygens (including phenoxy) is 1. The summed E-state index contributed by atoms with van der Waals surface area (Å²) in [6.07, 6.45) is 6.73. The minimum absolute atomic E-state index is 0.193. The number of rotatable bonds is 8. The minimum Gasteiger partial charge on any atom is -0.450 e. The number of piperidine rings is 1. The van der Waals surface area contributed by atoms with Crippen molar-refractivity contribution in [3.05, 3.63) is 0 Å². The second-order valence-corrected chi connectivity index (χ2v) is 7.94. The molecule has 28 heavy (non-hydrogen) atoms. The zero-order chi connectivity index (χ0) is 20.4. The molecule has 2 rings (SSSR count). The second-order valence-electron chi connectivity index (χ2n) is 7.94. The highest BCUT2D eigenvalue weighted by atomic mass is 16.6. The van der Waals surface area contributed by atoms with Crippen LogP contribution in [-0.2, 0) is 4.74 Å². The largest absolute Gasteiger partial charge is 0.450 e. The monoisotopic (exact) mass is 395 g/mol. The summed E-state index contributed by atoms with van der Waals surface area (Å²) >= 11 is 0. The summed E-state index contributed by atoms with van der Waals surface area (Å²) in [7, 11) is 1.84. The number of carbonyl (C=O) groups excluding carboxylic acids is 1. The Balaban J connectivity index is 1.82. The molecule has 162 valence electrons. The Morgan fingerprint density at radius 1 is 1.11 bits per heavy atom. The SMILES string of the molecule is CCOC(=O)N1CCC(NC(=NC)NCC(C(CC)CC)N2CCCC2)CC1. The fraction of sp³-hybridized carbons (Fsp3) is 0.905. The van der Waals surface area contributed by atoms with E-state index in [9.17, 15) is 4.79 Å². The second kappa shape index (κ2) is 12.1. The van der Waals surface area contributed by atoms with Gasteiger partial charge in [0.05, 0.1) is 6.61 Å². The van der Waals surface area contributed by atoms with E-state index >= 15 is 0 Å². The van der Waals surface area contributed by atoms with Gasteiger partial charge in [0, 0.05) is 38.8 Å². The number of likely N-dealkylation sites (tertiary alicyclic amines) is 2. The van der Waals surface area contributed by atoms with Gasteiger partial charge in [-0.15, -0.1) is 0 Å². The molecule has 0 radical (unpaired) electrons. The average Bonchev–Trinajstić information content (AvgIpc) is 3.25. The van der Waals surface area contributed by atoms with Gasteiger partial charge in [-0.3, -0.25) is 9.89 Å². The summed E-state index contributed by atoms with van der Waals surface area (Å²) in [5.74, 6) is 1.60. The molecule has 0 aromatic carbocycles. The molecule has 2 N–H and O–H groups in total. The lowest BCUT2D eigenvalue weighted by molar-refractivity contribution is 0.0962. The third-order valence-electron chi connectivity index (χ3n) is 6.27. The first-order chi connectivity index (χ1) is 13.6. The molecule has 1 amide bonds. The maximum Gasteiger partial charge on any atom is 0.409 e. The van der Waals surface area contributed by atoms with Gasteiger partial charge in [0.2, 0.25) is 0 Å². The van der Waals surface area contributed by atoms with Crippen molar-refractivity contribution in [3.8, 4) is 0 Å². The predicted octanol–water partition coefficient (Wildman–Crippen LogP) is 2.67. The summed E-state index contributed by atoms with van der Waals surface area (Å²) < 4.78 is 5.10. The van der Waals surface area contributed by atoms with Crippen molar-refractivity contribution < 1.29 is 9.53 Å². The smallest absolute Gasteiger partial charge is 0.409 e. The quantitative estimate of drug-likeness (QED) is 0.488. The van der Waals surface area contributed by atoms with Crippen molar-refractivity contribution in [3.63, 3.8) is 0 Å². The molecule has 7 nitrogen and oxygen atoms in total. The Hall–Kier alpha value is -1.50. The number of aliphatic imine (C=N–C) groups is 1. The third kappa shape index (κ3) is 6.54. The van der Waals surface area contributed by atoms with Crippen LogP contribution in [0.1, 0.15) is 59.3 Å². The maximum absolute atomic E-state index is 11.8. The van der Waals surface area contributed by atoms with Gasteiger partial charge in [-0.25, -0.2) is 4.79 Å². The van der Waals surface area contributed by atoms with Crippen LogP contribution in [0.5, 0.6) is 0 Å². The first-order valence-corrected chi connectivity index (χ1v) is 11.3. The van der Waals surface area contributed by atoms with Gasteiger partial charge in [0.25, 0.3) is 0 Å². The molecule has 0 bridgehead atoms. The molecule has 1 unspecified atom stereocenters. The average molecular weight is 396 g/mol. The van der Waals surface area contributed by atoms with E-state index in [1.807, 2.05) is 14.0 Å². The highest BCUT2D eigenvalue weighted by Gasteiger charge is 2.28. The molecular weight excluding hydrogens is 354 g/mol. The Morgan fingerprint density at radius 2 is 1.75 bits per heavy atom. The number of hydrogen-bond acceptors (Lipinski definition) is 4. The van der Waals surface area contributed by atoms with Gasteiger partial charge in [-0.05, 0) is 51.6 Å². The van der Waals surface area contributed by atoms with Crippen molar-refractivity contribution in [1.29, 1.82) is 0 Å². The van der Waals surface area contributed by atoms with Crippen molar-refractivity contribution in [1.82, 2.24) is 20.4 Å². The van der Waals surface area contributed by atoms with Crippen LogP contribution in [-0.4, -0.2) is 80.3 Å². The van der Waals surface area contributed by atoms with Gasteiger partial charge < -0.3 is 20.3 Å².